The number of hydrogen-bond donors (Lipinski definition) is 1. The molecule has 0 aliphatic heterocycles. The lowest BCUT2D eigenvalue weighted by molar-refractivity contribution is 0.429. The van der Waals surface area contributed by atoms with Crippen LogP contribution in [0.15, 0.2) is 29.3 Å². The van der Waals surface area contributed by atoms with Crippen LogP contribution in [0, 0.1) is 5.92 Å². The molecule has 0 saturated heterocycles. The normalized spacial score (nSPS) is 11.0. The second-order valence-corrected chi connectivity index (χ2v) is 4.30. The first-order valence-corrected chi connectivity index (χ1v) is 5.68. The third-order valence-corrected chi connectivity index (χ3v) is 2.31. The van der Waals surface area contributed by atoms with E-state index < -0.39 is 0 Å². The number of nitrogens with zero attached hydrogens (tertiary/aromatic N) is 3. The summed E-state index contributed by atoms with van der Waals surface area (Å²) in [5, 5.41) is 7.16. The minimum atomic E-state index is 0.620. The van der Waals surface area contributed by atoms with Gasteiger partial charge in [-0.15, -0.1) is 0 Å². The van der Waals surface area contributed by atoms with Crippen molar-refractivity contribution in [1.29, 1.82) is 0 Å². The quantitative estimate of drug-likeness (QED) is 0.852. The Morgan fingerprint density at radius 3 is 2.88 bits per heavy atom. The molecular weight excluding hydrogens is 216 g/mol. The van der Waals surface area contributed by atoms with Crippen molar-refractivity contribution in [3.8, 4) is 11.5 Å². The predicted octanol–water partition coefficient (Wildman–Crippen LogP) is 1.88. The van der Waals surface area contributed by atoms with E-state index in [4.69, 9.17) is 4.52 Å². The molecule has 0 unspecified atom stereocenters. The predicted molar refractivity (Wildman–Crippen MR) is 64.1 cm³/mol. The largest absolute Gasteiger partial charge is 0.354 e. The van der Waals surface area contributed by atoms with Crippen LogP contribution in [0.25, 0.3) is 11.5 Å². The fourth-order valence-electron chi connectivity index (χ4n) is 1.51. The van der Waals surface area contributed by atoms with Crippen LogP contribution >= 0.6 is 0 Å². The maximum absolute atomic E-state index is 5.22. The monoisotopic (exact) mass is 232 g/mol. The lowest BCUT2D eigenvalue weighted by Gasteiger charge is -2.06. The minimum absolute atomic E-state index is 0.620. The molecule has 2 aromatic heterocycles. The highest BCUT2D eigenvalue weighted by molar-refractivity contribution is 5.54. The first-order chi connectivity index (χ1) is 8.27. The molecule has 2 heterocycles. The maximum Gasteiger partial charge on any atom is 0.191 e. The number of rotatable bonds is 5. The molecule has 1 N–H and O–H groups in total. The maximum atomic E-state index is 5.22. The topological polar surface area (TPSA) is 63.8 Å². The fourth-order valence-corrected chi connectivity index (χ4v) is 1.51. The van der Waals surface area contributed by atoms with E-state index in [0.717, 1.165) is 18.7 Å². The van der Waals surface area contributed by atoms with E-state index in [9.17, 15) is 0 Å². The van der Waals surface area contributed by atoms with Crippen molar-refractivity contribution in [2.75, 3.05) is 6.54 Å². The Morgan fingerprint density at radius 2 is 2.18 bits per heavy atom. The van der Waals surface area contributed by atoms with Crippen LogP contribution < -0.4 is 5.32 Å². The van der Waals surface area contributed by atoms with E-state index in [1.54, 1.807) is 24.8 Å². The van der Waals surface area contributed by atoms with Gasteiger partial charge < -0.3 is 9.84 Å². The molecule has 0 aromatic carbocycles. The zero-order valence-electron chi connectivity index (χ0n) is 10.1. The standard InChI is InChI=1S/C12H16N4O/c1-9(2)5-14-6-10-7-16-17-12(10)11-8-13-3-4-15-11/h3-4,7-9,14H,5-6H2,1-2H3. The van der Waals surface area contributed by atoms with Crippen molar-refractivity contribution in [2.24, 2.45) is 5.92 Å². The van der Waals surface area contributed by atoms with Gasteiger partial charge in [0.1, 0.15) is 5.69 Å². The Kier molecular flexibility index (Phi) is 3.82. The van der Waals surface area contributed by atoms with Gasteiger partial charge in [-0.3, -0.25) is 4.98 Å². The molecule has 0 spiro atoms. The van der Waals surface area contributed by atoms with Gasteiger partial charge in [-0.05, 0) is 12.5 Å². The number of nitrogens with one attached hydrogen (secondary N) is 1. The minimum Gasteiger partial charge on any atom is -0.354 e. The number of aromatic nitrogens is 3. The smallest absolute Gasteiger partial charge is 0.191 e. The van der Waals surface area contributed by atoms with Crippen molar-refractivity contribution >= 4 is 0 Å². The summed E-state index contributed by atoms with van der Waals surface area (Å²) < 4.78 is 5.22. The third kappa shape index (κ3) is 3.10. The van der Waals surface area contributed by atoms with Crippen LogP contribution in [0.4, 0.5) is 0 Å². The van der Waals surface area contributed by atoms with Crippen molar-refractivity contribution in [1.82, 2.24) is 20.4 Å². The summed E-state index contributed by atoms with van der Waals surface area (Å²) in [4.78, 5) is 8.22. The molecule has 17 heavy (non-hydrogen) atoms. The van der Waals surface area contributed by atoms with Crippen LogP contribution in [0.5, 0.6) is 0 Å². The molecule has 2 rings (SSSR count). The van der Waals surface area contributed by atoms with Crippen LogP contribution in [0.3, 0.4) is 0 Å². The Bertz CT molecular complexity index is 453. The van der Waals surface area contributed by atoms with Crippen LogP contribution in [0.2, 0.25) is 0 Å². The lowest BCUT2D eigenvalue weighted by Crippen LogP contribution is -2.19. The zero-order valence-corrected chi connectivity index (χ0v) is 10.1. The van der Waals surface area contributed by atoms with Gasteiger partial charge in [0.15, 0.2) is 5.76 Å². The molecule has 0 fully saturated rings. The molecule has 0 saturated carbocycles. The van der Waals surface area contributed by atoms with Crippen LogP contribution in [0.1, 0.15) is 19.4 Å². The molecular formula is C12H16N4O. The second kappa shape index (κ2) is 5.54. The molecule has 0 aliphatic rings. The SMILES string of the molecule is CC(C)CNCc1cnoc1-c1cnccn1. The second-order valence-electron chi connectivity index (χ2n) is 4.30. The summed E-state index contributed by atoms with van der Waals surface area (Å²) in [5.74, 6) is 1.31. The molecule has 2 aromatic rings. The molecule has 0 aliphatic carbocycles. The Hall–Kier alpha value is -1.75. The summed E-state index contributed by atoms with van der Waals surface area (Å²) in [5.41, 5.74) is 1.72. The molecule has 0 atom stereocenters. The van der Waals surface area contributed by atoms with E-state index in [1.807, 2.05) is 0 Å². The van der Waals surface area contributed by atoms with Crippen molar-refractivity contribution < 1.29 is 4.52 Å². The zero-order chi connectivity index (χ0) is 12.1. The average molecular weight is 232 g/mol. The Balaban J connectivity index is 2.07. The van der Waals surface area contributed by atoms with Gasteiger partial charge in [0.2, 0.25) is 0 Å². The van der Waals surface area contributed by atoms with Crippen molar-refractivity contribution in [2.45, 2.75) is 20.4 Å². The third-order valence-electron chi connectivity index (χ3n) is 2.31. The molecule has 0 bridgehead atoms. The summed E-state index contributed by atoms with van der Waals surface area (Å²) in [7, 11) is 0. The van der Waals surface area contributed by atoms with E-state index in [2.05, 4.69) is 34.3 Å². The summed E-state index contributed by atoms with van der Waals surface area (Å²) in [6.45, 7) is 6.03. The molecule has 0 amide bonds. The summed E-state index contributed by atoms with van der Waals surface area (Å²) in [6.07, 6.45) is 6.67. The van der Waals surface area contributed by atoms with Gasteiger partial charge in [0.05, 0.1) is 12.4 Å². The first kappa shape index (κ1) is 11.7. The van der Waals surface area contributed by atoms with Gasteiger partial charge in [0.25, 0.3) is 0 Å². The summed E-state index contributed by atoms with van der Waals surface area (Å²) >= 11 is 0. The van der Waals surface area contributed by atoms with Gasteiger partial charge in [0, 0.05) is 24.5 Å². The Labute approximate surface area is 100 Å². The van der Waals surface area contributed by atoms with Crippen molar-refractivity contribution in [3.63, 3.8) is 0 Å². The summed E-state index contributed by atoms with van der Waals surface area (Å²) in [6, 6.07) is 0. The van der Waals surface area contributed by atoms with E-state index in [0.29, 0.717) is 17.4 Å². The average Bonchev–Trinajstić information content (AvgIpc) is 2.78. The Morgan fingerprint density at radius 1 is 1.29 bits per heavy atom. The van der Waals surface area contributed by atoms with Gasteiger partial charge in [-0.2, -0.15) is 0 Å². The van der Waals surface area contributed by atoms with E-state index in [1.165, 1.54) is 0 Å². The molecule has 0 radical (unpaired) electrons. The van der Waals surface area contributed by atoms with E-state index >= 15 is 0 Å². The van der Waals surface area contributed by atoms with Crippen molar-refractivity contribution in [3.05, 3.63) is 30.4 Å². The number of hydrogen-bond acceptors (Lipinski definition) is 5. The highest BCUT2D eigenvalue weighted by Gasteiger charge is 2.11. The van der Waals surface area contributed by atoms with Crippen LogP contribution in [-0.2, 0) is 6.54 Å². The fraction of sp³-hybridized carbons (Fsp3) is 0.417. The van der Waals surface area contributed by atoms with Gasteiger partial charge in [-0.25, -0.2) is 4.98 Å². The van der Waals surface area contributed by atoms with E-state index in [-0.39, 0.29) is 0 Å². The van der Waals surface area contributed by atoms with Gasteiger partial charge >= 0.3 is 0 Å². The first-order valence-electron chi connectivity index (χ1n) is 5.68. The highest BCUT2D eigenvalue weighted by atomic mass is 16.5. The van der Waals surface area contributed by atoms with Crippen LogP contribution in [-0.4, -0.2) is 21.7 Å². The molecule has 5 heteroatoms. The lowest BCUT2D eigenvalue weighted by atomic mass is 10.2. The highest BCUT2D eigenvalue weighted by Crippen LogP contribution is 2.20. The molecule has 5 nitrogen and oxygen atoms in total. The molecule has 90 valence electrons. The van der Waals surface area contributed by atoms with Gasteiger partial charge in [-0.1, -0.05) is 19.0 Å².